The zero-order chi connectivity index (χ0) is 13.5. The third kappa shape index (κ3) is 5.35. The van der Waals surface area contributed by atoms with Crippen LogP contribution < -0.4 is 5.32 Å². The minimum atomic E-state index is -1.01. The summed E-state index contributed by atoms with van der Waals surface area (Å²) in [6.07, 6.45) is 2.85. The summed E-state index contributed by atoms with van der Waals surface area (Å²) in [5.74, 6) is -0.301. The van der Waals surface area contributed by atoms with Crippen LogP contribution >= 0.6 is 0 Å². The third-order valence-electron chi connectivity index (χ3n) is 2.97. The molecule has 18 heavy (non-hydrogen) atoms. The number of amides is 2. The molecule has 2 N–H and O–H groups in total. The zero-order valence-electron chi connectivity index (χ0n) is 11.0. The Morgan fingerprint density at radius 2 is 2.17 bits per heavy atom. The minimum absolute atomic E-state index is 0.368. The standard InChI is InChI=1S/C12H22N2O4/c1-3-10(11(15)16)13-12(17)14(2)6-7-18-8-9-4-5-9/h9-10H,3-8H2,1-2H3,(H,13,17)(H,15,16). The highest BCUT2D eigenvalue weighted by molar-refractivity contribution is 5.82. The van der Waals surface area contributed by atoms with Crippen LogP contribution in [0.15, 0.2) is 0 Å². The Kier molecular flexibility index (Phi) is 5.91. The molecule has 6 heteroatoms. The lowest BCUT2D eigenvalue weighted by atomic mass is 10.2. The highest BCUT2D eigenvalue weighted by Gasteiger charge is 2.22. The normalized spacial score (nSPS) is 16.1. The Labute approximate surface area is 107 Å². The lowest BCUT2D eigenvalue weighted by molar-refractivity contribution is -0.139. The molecule has 1 unspecified atom stereocenters. The van der Waals surface area contributed by atoms with Crippen molar-refractivity contribution >= 4 is 12.0 Å². The number of likely N-dealkylation sites (N-methyl/N-ethyl adjacent to an activating group) is 1. The van der Waals surface area contributed by atoms with Gasteiger partial charge >= 0.3 is 12.0 Å². The molecule has 1 aliphatic carbocycles. The number of carboxylic acid groups (broad SMARTS) is 1. The Bertz CT molecular complexity index is 292. The van der Waals surface area contributed by atoms with E-state index in [-0.39, 0.29) is 6.03 Å². The van der Waals surface area contributed by atoms with Gasteiger partial charge in [0.2, 0.25) is 0 Å². The average Bonchev–Trinajstić information content (AvgIpc) is 3.14. The van der Waals surface area contributed by atoms with Gasteiger partial charge in [-0.3, -0.25) is 0 Å². The summed E-state index contributed by atoms with van der Waals surface area (Å²) in [6, 6.07) is -1.20. The molecule has 104 valence electrons. The maximum atomic E-state index is 11.7. The van der Waals surface area contributed by atoms with Gasteiger partial charge in [-0.2, -0.15) is 0 Å². The molecule has 1 saturated carbocycles. The maximum Gasteiger partial charge on any atom is 0.326 e. The number of rotatable bonds is 8. The molecule has 0 aromatic heterocycles. The molecule has 0 aromatic rings. The van der Waals surface area contributed by atoms with Crippen LogP contribution in [0.1, 0.15) is 26.2 Å². The van der Waals surface area contributed by atoms with E-state index in [1.54, 1.807) is 14.0 Å². The average molecular weight is 258 g/mol. The monoisotopic (exact) mass is 258 g/mol. The minimum Gasteiger partial charge on any atom is -0.480 e. The number of hydrogen-bond donors (Lipinski definition) is 2. The van der Waals surface area contributed by atoms with E-state index in [0.717, 1.165) is 6.61 Å². The van der Waals surface area contributed by atoms with Gasteiger partial charge in [0, 0.05) is 20.2 Å². The van der Waals surface area contributed by atoms with Crippen LogP contribution in [-0.2, 0) is 9.53 Å². The van der Waals surface area contributed by atoms with Crippen LogP contribution in [0.3, 0.4) is 0 Å². The Balaban J connectivity index is 2.15. The van der Waals surface area contributed by atoms with E-state index in [1.165, 1.54) is 17.7 Å². The molecule has 0 radical (unpaired) electrons. The van der Waals surface area contributed by atoms with Crippen LogP contribution in [-0.4, -0.2) is 54.9 Å². The number of hydrogen-bond acceptors (Lipinski definition) is 3. The van der Waals surface area contributed by atoms with E-state index in [4.69, 9.17) is 9.84 Å². The first-order valence-corrected chi connectivity index (χ1v) is 6.36. The number of ether oxygens (including phenoxy) is 1. The Morgan fingerprint density at radius 3 is 2.67 bits per heavy atom. The number of aliphatic carboxylic acids is 1. The van der Waals surface area contributed by atoms with Gasteiger partial charge in [0.25, 0.3) is 0 Å². The number of carbonyl (C=O) groups excluding carboxylic acids is 1. The summed E-state index contributed by atoms with van der Waals surface area (Å²) < 4.78 is 5.42. The number of urea groups is 1. The van der Waals surface area contributed by atoms with E-state index in [0.29, 0.717) is 25.5 Å². The van der Waals surface area contributed by atoms with Crippen molar-refractivity contribution in [3.63, 3.8) is 0 Å². The van der Waals surface area contributed by atoms with E-state index < -0.39 is 12.0 Å². The predicted molar refractivity (Wildman–Crippen MR) is 66.4 cm³/mol. The summed E-state index contributed by atoms with van der Waals surface area (Å²) >= 11 is 0. The van der Waals surface area contributed by atoms with Gasteiger partial charge in [-0.1, -0.05) is 6.92 Å². The van der Waals surface area contributed by atoms with Gasteiger partial charge in [0.15, 0.2) is 0 Å². The van der Waals surface area contributed by atoms with Gasteiger partial charge in [-0.15, -0.1) is 0 Å². The topological polar surface area (TPSA) is 78.9 Å². The molecule has 1 fully saturated rings. The quantitative estimate of drug-likeness (QED) is 0.634. The molecule has 2 amide bonds. The summed E-state index contributed by atoms with van der Waals surface area (Å²) in [7, 11) is 1.63. The molecular weight excluding hydrogens is 236 g/mol. The SMILES string of the molecule is CCC(NC(=O)N(C)CCOCC1CC1)C(=O)O. The van der Waals surface area contributed by atoms with Crippen molar-refractivity contribution in [3.05, 3.63) is 0 Å². The Morgan fingerprint density at radius 1 is 1.50 bits per heavy atom. The fourth-order valence-electron chi connectivity index (χ4n) is 1.44. The van der Waals surface area contributed by atoms with E-state index in [9.17, 15) is 9.59 Å². The molecule has 0 spiro atoms. The fraction of sp³-hybridized carbons (Fsp3) is 0.833. The Hall–Kier alpha value is -1.30. The maximum absolute atomic E-state index is 11.7. The van der Waals surface area contributed by atoms with Crippen LogP contribution in [0, 0.1) is 5.92 Å². The van der Waals surface area contributed by atoms with Crippen molar-refractivity contribution in [2.24, 2.45) is 5.92 Å². The van der Waals surface area contributed by atoms with Gasteiger partial charge in [0.1, 0.15) is 6.04 Å². The lowest BCUT2D eigenvalue weighted by Crippen LogP contribution is -2.47. The summed E-state index contributed by atoms with van der Waals surface area (Å²) in [4.78, 5) is 23.9. The van der Waals surface area contributed by atoms with Crippen LogP contribution in [0.5, 0.6) is 0 Å². The zero-order valence-corrected chi connectivity index (χ0v) is 11.0. The van der Waals surface area contributed by atoms with Crippen molar-refractivity contribution in [2.75, 3.05) is 26.8 Å². The predicted octanol–water partition coefficient (Wildman–Crippen LogP) is 0.918. The summed E-state index contributed by atoms with van der Waals surface area (Å²) in [6.45, 7) is 3.44. The van der Waals surface area contributed by atoms with E-state index >= 15 is 0 Å². The van der Waals surface area contributed by atoms with Crippen LogP contribution in [0.4, 0.5) is 4.79 Å². The number of carboxylic acids is 1. The fourth-order valence-corrected chi connectivity index (χ4v) is 1.44. The van der Waals surface area contributed by atoms with Crippen molar-refractivity contribution < 1.29 is 19.4 Å². The van der Waals surface area contributed by atoms with Gasteiger partial charge in [-0.05, 0) is 25.2 Å². The summed E-state index contributed by atoms with van der Waals surface area (Å²) in [5, 5.41) is 11.3. The van der Waals surface area contributed by atoms with Crippen molar-refractivity contribution in [1.29, 1.82) is 0 Å². The molecule has 1 aliphatic rings. The molecule has 1 atom stereocenters. The number of nitrogens with one attached hydrogen (secondary N) is 1. The van der Waals surface area contributed by atoms with Crippen molar-refractivity contribution in [3.8, 4) is 0 Å². The molecule has 1 rings (SSSR count). The molecule has 0 bridgehead atoms. The van der Waals surface area contributed by atoms with Gasteiger partial charge < -0.3 is 20.1 Å². The van der Waals surface area contributed by atoms with Gasteiger partial charge in [-0.25, -0.2) is 9.59 Å². The lowest BCUT2D eigenvalue weighted by Gasteiger charge is -2.20. The smallest absolute Gasteiger partial charge is 0.326 e. The van der Waals surface area contributed by atoms with Crippen molar-refractivity contribution in [1.82, 2.24) is 10.2 Å². The second-order valence-corrected chi connectivity index (χ2v) is 4.69. The first-order valence-electron chi connectivity index (χ1n) is 6.36. The largest absolute Gasteiger partial charge is 0.480 e. The molecule has 6 nitrogen and oxygen atoms in total. The molecule has 0 aromatic carbocycles. The number of carbonyl (C=O) groups is 2. The second kappa shape index (κ2) is 7.20. The number of nitrogens with zero attached hydrogens (tertiary/aromatic N) is 1. The van der Waals surface area contributed by atoms with Crippen LogP contribution in [0.2, 0.25) is 0 Å². The summed E-state index contributed by atoms with van der Waals surface area (Å²) in [5.41, 5.74) is 0. The van der Waals surface area contributed by atoms with Crippen LogP contribution in [0.25, 0.3) is 0 Å². The highest BCUT2D eigenvalue weighted by atomic mass is 16.5. The van der Waals surface area contributed by atoms with Crippen molar-refractivity contribution in [2.45, 2.75) is 32.2 Å². The molecular formula is C12H22N2O4. The first-order chi connectivity index (χ1) is 8.54. The van der Waals surface area contributed by atoms with Gasteiger partial charge in [0.05, 0.1) is 6.61 Å². The molecule has 0 saturated heterocycles. The van der Waals surface area contributed by atoms with E-state index in [1.807, 2.05) is 0 Å². The first kappa shape index (κ1) is 14.8. The highest BCUT2D eigenvalue weighted by Crippen LogP contribution is 2.28. The second-order valence-electron chi connectivity index (χ2n) is 4.69. The van der Waals surface area contributed by atoms with E-state index in [2.05, 4.69) is 5.32 Å². The molecule has 0 aliphatic heterocycles. The molecule has 0 heterocycles. The third-order valence-corrected chi connectivity index (χ3v) is 2.97.